The van der Waals surface area contributed by atoms with E-state index in [2.05, 4.69) is 10.3 Å². The molecule has 2 heterocycles. The molecule has 7 nitrogen and oxygen atoms in total. The maximum absolute atomic E-state index is 12.1. The van der Waals surface area contributed by atoms with Gasteiger partial charge in [0.15, 0.2) is 0 Å². The minimum atomic E-state index is -3.18. The second-order valence-corrected chi connectivity index (χ2v) is 7.33. The number of amides is 2. The van der Waals surface area contributed by atoms with Crippen molar-refractivity contribution in [1.29, 1.82) is 0 Å². The maximum atomic E-state index is 12.1. The van der Waals surface area contributed by atoms with E-state index < -0.39 is 10.0 Å². The summed E-state index contributed by atoms with van der Waals surface area (Å²) in [5.74, 6) is 0. The van der Waals surface area contributed by atoms with E-state index >= 15 is 0 Å². The van der Waals surface area contributed by atoms with Crippen LogP contribution >= 0.6 is 0 Å². The van der Waals surface area contributed by atoms with Crippen molar-refractivity contribution in [3.8, 4) is 0 Å². The zero-order valence-electron chi connectivity index (χ0n) is 12.7. The number of rotatable bonds is 4. The van der Waals surface area contributed by atoms with Gasteiger partial charge in [-0.25, -0.2) is 17.5 Å². The molecule has 0 atom stereocenters. The normalized spacial score (nSPS) is 17.0. The third-order valence-corrected chi connectivity index (χ3v) is 4.93. The third-order valence-electron chi connectivity index (χ3n) is 3.62. The molecule has 0 bridgehead atoms. The minimum absolute atomic E-state index is 0.140. The molecule has 1 fully saturated rings. The molecule has 0 spiro atoms. The Morgan fingerprint density at radius 3 is 2.82 bits per heavy atom. The summed E-state index contributed by atoms with van der Waals surface area (Å²) < 4.78 is 24.5. The first-order valence-electron chi connectivity index (χ1n) is 7.33. The van der Waals surface area contributed by atoms with E-state index in [4.69, 9.17) is 0 Å². The van der Waals surface area contributed by atoms with Crippen LogP contribution in [-0.2, 0) is 16.4 Å². The third kappa shape index (κ3) is 4.96. The first-order valence-corrected chi connectivity index (χ1v) is 9.18. The highest BCUT2D eigenvalue weighted by atomic mass is 32.2. The van der Waals surface area contributed by atoms with E-state index in [1.54, 1.807) is 17.3 Å². The summed E-state index contributed by atoms with van der Waals surface area (Å²) in [6.45, 7) is 2.36. The number of nitrogens with zero attached hydrogens (tertiary/aromatic N) is 3. The average molecular weight is 326 g/mol. The van der Waals surface area contributed by atoms with Crippen molar-refractivity contribution in [2.45, 2.75) is 12.8 Å². The number of hydrogen-bond acceptors (Lipinski definition) is 4. The van der Waals surface area contributed by atoms with Crippen LogP contribution < -0.4 is 5.32 Å². The van der Waals surface area contributed by atoms with Crippen molar-refractivity contribution >= 4 is 16.1 Å². The molecule has 0 aromatic carbocycles. The second kappa shape index (κ2) is 7.55. The van der Waals surface area contributed by atoms with E-state index in [0.29, 0.717) is 39.1 Å². The summed E-state index contributed by atoms with van der Waals surface area (Å²) >= 11 is 0. The van der Waals surface area contributed by atoms with E-state index in [1.165, 1.54) is 10.6 Å². The monoisotopic (exact) mass is 326 g/mol. The summed E-state index contributed by atoms with van der Waals surface area (Å²) in [5, 5.41) is 2.87. The molecule has 2 rings (SSSR count). The molecule has 1 aromatic rings. The standard InChI is InChI=1S/C14H22N4O3S/c1-22(20,21)18-9-3-8-17(10-11-18)14(19)16-7-5-13-4-2-6-15-12-13/h2,4,6,12H,3,5,7-11H2,1H3,(H,16,19). The zero-order valence-corrected chi connectivity index (χ0v) is 13.6. The fourth-order valence-corrected chi connectivity index (χ4v) is 3.27. The molecule has 1 aliphatic rings. The molecule has 0 radical (unpaired) electrons. The van der Waals surface area contributed by atoms with Crippen LogP contribution in [0.1, 0.15) is 12.0 Å². The molecule has 8 heteroatoms. The van der Waals surface area contributed by atoms with Crippen molar-refractivity contribution < 1.29 is 13.2 Å². The lowest BCUT2D eigenvalue weighted by Crippen LogP contribution is -2.43. The van der Waals surface area contributed by atoms with E-state index in [-0.39, 0.29) is 6.03 Å². The van der Waals surface area contributed by atoms with Gasteiger partial charge in [0.25, 0.3) is 0 Å². The first kappa shape index (κ1) is 16.7. The number of nitrogens with one attached hydrogen (secondary N) is 1. The van der Waals surface area contributed by atoms with Gasteiger partial charge in [0, 0.05) is 45.1 Å². The maximum Gasteiger partial charge on any atom is 0.317 e. The number of urea groups is 1. The van der Waals surface area contributed by atoms with E-state index in [0.717, 1.165) is 12.0 Å². The Bertz CT molecular complexity index is 591. The van der Waals surface area contributed by atoms with Gasteiger partial charge in [-0.05, 0) is 24.5 Å². The van der Waals surface area contributed by atoms with Crippen LogP contribution in [0.3, 0.4) is 0 Å². The molecule has 1 N–H and O–H groups in total. The van der Waals surface area contributed by atoms with E-state index in [1.807, 2.05) is 12.1 Å². The number of sulfonamides is 1. The Labute approximate surface area is 131 Å². The summed E-state index contributed by atoms with van der Waals surface area (Å²) in [5.41, 5.74) is 1.07. The van der Waals surface area contributed by atoms with Crippen LogP contribution in [0.5, 0.6) is 0 Å². The van der Waals surface area contributed by atoms with Gasteiger partial charge in [-0.1, -0.05) is 6.07 Å². The summed E-state index contributed by atoms with van der Waals surface area (Å²) in [6, 6.07) is 3.69. The molecule has 22 heavy (non-hydrogen) atoms. The van der Waals surface area contributed by atoms with Gasteiger partial charge in [0.2, 0.25) is 10.0 Å². The van der Waals surface area contributed by atoms with Crippen molar-refractivity contribution in [1.82, 2.24) is 19.5 Å². The molecular weight excluding hydrogens is 304 g/mol. The Morgan fingerprint density at radius 1 is 1.32 bits per heavy atom. The number of aromatic nitrogens is 1. The van der Waals surface area contributed by atoms with Gasteiger partial charge in [-0.15, -0.1) is 0 Å². The molecule has 1 aromatic heterocycles. The molecule has 122 valence electrons. The molecule has 1 saturated heterocycles. The average Bonchev–Trinajstić information content (AvgIpc) is 2.74. The quantitative estimate of drug-likeness (QED) is 0.863. The molecule has 0 unspecified atom stereocenters. The minimum Gasteiger partial charge on any atom is -0.338 e. The molecule has 0 aliphatic carbocycles. The Hall–Kier alpha value is -1.67. The van der Waals surface area contributed by atoms with Crippen LogP contribution in [0.2, 0.25) is 0 Å². The van der Waals surface area contributed by atoms with Crippen molar-refractivity contribution in [2.24, 2.45) is 0 Å². The topological polar surface area (TPSA) is 82.6 Å². The van der Waals surface area contributed by atoms with Gasteiger partial charge in [0.05, 0.1) is 6.26 Å². The van der Waals surface area contributed by atoms with Crippen LogP contribution in [0.4, 0.5) is 4.79 Å². The smallest absolute Gasteiger partial charge is 0.317 e. The van der Waals surface area contributed by atoms with E-state index in [9.17, 15) is 13.2 Å². The number of hydrogen-bond donors (Lipinski definition) is 1. The Morgan fingerprint density at radius 2 is 2.14 bits per heavy atom. The lowest BCUT2D eigenvalue weighted by molar-refractivity contribution is 0.200. The fraction of sp³-hybridized carbons (Fsp3) is 0.571. The molecule has 2 amide bonds. The highest BCUT2D eigenvalue weighted by Crippen LogP contribution is 2.07. The first-order chi connectivity index (χ1) is 10.5. The van der Waals surface area contributed by atoms with Gasteiger partial charge >= 0.3 is 6.03 Å². The lowest BCUT2D eigenvalue weighted by atomic mass is 10.2. The highest BCUT2D eigenvalue weighted by molar-refractivity contribution is 7.88. The highest BCUT2D eigenvalue weighted by Gasteiger charge is 2.23. The Balaban J connectivity index is 1.78. The fourth-order valence-electron chi connectivity index (χ4n) is 2.40. The van der Waals surface area contributed by atoms with Crippen LogP contribution in [0.25, 0.3) is 0 Å². The van der Waals surface area contributed by atoms with Crippen molar-refractivity contribution in [3.05, 3.63) is 30.1 Å². The summed E-state index contributed by atoms with van der Waals surface area (Å²) in [6.07, 6.45) is 6.08. The summed E-state index contributed by atoms with van der Waals surface area (Å²) in [4.78, 5) is 17.8. The van der Waals surface area contributed by atoms with Crippen LogP contribution in [0, 0.1) is 0 Å². The van der Waals surface area contributed by atoms with Crippen molar-refractivity contribution in [2.75, 3.05) is 39.0 Å². The van der Waals surface area contributed by atoms with Crippen LogP contribution in [-0.4, -0.2) is 67.6 Å². The molecule has 0 saturated carbocycles. The number of carbonyl (C=O) groups excluding carboxylic acids is 1. The Kier molecular flexibility index (Phi) is 5.73. The SMILES string of the molecule is CS(=O)(=O)N1CCCN(C(=O)NCCc2cccnc2)CC1. The zero-order chi connectivity index (χ0) is 16.0. The number of pyridine rings is 1. The second-order valence-electron chi connectivity index (χ2n) is 5.35. The lowest BCUT2D eigenvalue weighted by Gasteiger charge is -2.21. The largest absolute Gasteiger partial charge is 0.338 e. The van der Waals surface area contributed by atoms with Gasteiger partial charge < -0.3 is 10.2 Å². The van der Waals surface area contributed by atoms with Gasteiger partial charge in [-0.2, -0.15) is 0 Å². The predicted molar refractivity (Wildman–Crippen MR) is 83.9 cm³/mol. The van der Waals surface area contributed by atoms with Crippen LogP contribution in [0.15, 0.2) is 24.5 Å². The molecule has 1 aliphatic heterocycles. The van der Waals surface area contributed by atoms with Gasteiger partial charge in [0.1, 0.15) is 0 Å². The number of carbonyl (C=O) groups is 1. The van der Waals surface area contributed by atoms with Crippen molar-refractivity contribution in [3.63, 3.8) is 0 Å². The van der Waals surface area contributed by atoms with Gasteiger partial charge in [-0.3, -0.25) is 4.98 Å². The predicted octanol–water partition coefficient (Wildman–Crippen LogP) is 0.301. The summed E-state index contributed by atoms with van der Waals surface area (Å²) in [7, 11) is -3.18. The molecular formula is C14H22N4O3S.